The van der Waals surface area contributed by atoms with Gasteiger partial charge in [0.2, 0.25) is 0 Å². The van der Waals surface area contributed by atoms with Crippen molar-refractivity contribution in [2.24, 2.45) is 5.92 Å². The van der Waals surface area contributed by atoms with Crippen molar-refractivity contribution in [1.29, 1.82) is 0 Å². The second kappa shape index (κ2) is 9.76. The lowest BCUT2D eigenvalue weighted by molar-refractivity contribution is 0.168. The van der Waals surface area contributed by atoms with Crippen molar-refractivity contribution in [1.82, 2.24) is 10.2 Å². The predicted octanol–water partition coefficient (Wildman–Crippen LogP) is 2.51. The molecule has 0 radical (unpaired) electrons. The van der Waals surface area contributed by atoms with Crippen molar-refractivity contribution >= 4 is 0 Å². The van der Waals surface area contributed by atoms with Gasteiger partial charge in [-0.05, 0) is 71.1 Å². The maximum atomic E-state index is 5.06. The van der Waals surface area contributed by atoms with Crippen LogP contribution in [0.3, 0.4) is 0 Å². The van der Waals surface area contributed by atoms with Gasteiger partial charge in [-0.15, -0.1) is 0 Å². The predicted molar refractivity (Wildman–Crippen MR) is 78.0 cm³/mol. The number of methoxy groups -OCH3 is 1. The number of nitrogens with zero attached hydrogens (tertiary/aromatic N) is 1. The molecule has 1 saturated heterocycles. The zero-order valence-corrected chi connectivity index (χ0v) is 12.6. The molecular weight excluding hydrogens is 224 g/mol. The van der Waals surface area contributed by atoms with Crippen LogP contribution in [-0.4, -0.2) is 50.8 Å². The molecule has 0 saturated carbocycles. The summed E-state index contributed by atoms with van der Waals surface area (Å²) in [5.74, 6) is 0.881. The van der Waals surface area contributed by atoms with Crippen molar-refractivity contribution in [2.75, 3.05) is 39.9 Å². The zero-order chi connectivity index (χ0) is 13.2. The van der Waals surface area contributed by atoms with Crippen LogP contribution < -0.4 is 5.32 Å². The minimum atomic E-state index is 0.687. The van der Waals surface area contributed by atoms with E-state index < -0.39 is 0 Å². The Hall–Kier alpha value is -0.120. The summed E-state index contributed by atoms with van der Waals surface area (Å²) in [5.41, 5.74) is 0. The summed E-state index contributed by atoms with van der Waals surface area (Å²) in [6.07, 6.45) is 6.49. The minimum absolute atomic E-state index is 0.687. The summed E-state index contributed by atoms with van der Waals surface area (Å²) in [7, 11) is 1.78. The number of nitrogens with one attached hydrogen (secondary N) is 1. The molecule has 1 unspecified atom stereocenters. The van der Waals surface area contributed by atoms with Crippen molar-refractivity contribution in [3.63, 3.8) is 0 Å². The van der Waals surface area contributed by atoms with Crippen molar-refractivity contribution in [2.45, 2.75) is 52.0 Å². The lowest BCUT2D eigenvalue weighted by Crippen LogP contribution is -2.42. The fraction of sp³-hybridized carbons (Fsp3) is 1.00. The molecule has 0 amide bonds. The Balaban J connectivity index is 2.01. The van der Waals surface area contributed by atoms with Gasteiger partial charge in [-0.1, -0.05) is 6.92 Å². The highest BCUT2D eigenvalue weighted by Crippen LogP contribution is 2.20. The maximum Gasteiger partial charge on any atom is 0.0462 e. The lowest BCUT2D eigenvalue weighted by Gasteiger charge is -2.34. The zero-order valence-electron chi connectivity index (χ0n) is 12.6. The van der Waals surface area contributed by atoms with Crippen LogP contribution in [0, 0.1) is 5.92 Å². The van der Waals surface area contributed by atoms with Crippen LogP contribution in [0.25, 0.3) is 0 Å². The number of hydrogen-bond donors (Lipinski definition) is 1. The fourth-order valence-electron chi connectivity index (χ4n) is 2.81. The third-order valence-electron chi connectivity index (χ3n) is 4.28. The average Bonchev–Trinajstić information content (AvgIpc) is 2.42. The summed E-state index contributed by atoms with van der Waals surface area (Å²) in [5, 5.41) is 3.70. The largest absolute Gasteiger partial charge is 0.385 e. The van der Waals surface area contributed by atoms with Gasteiger partial charge >= 0.3 is 0 Å². The Labute approximate surface area is 113 Å². The van der Waals surface area contributed by atoms with Gasteiger partial charge in [0.1, 0.15) is 0 Å². The smallest absolute Gasteiger partial charge is 0.0462 e. The molecule has 1 heterocycles. The van der Waals surface area contributed by atoms with E-state index in [1.807, 2.05) is 0 Å². The van der Waals surface area contributed by atoms with E-state index in [4.69, 9.17) is 4.74 Å². The van der Waals surface area contributed by atoms with E-state index in [0.717, 1.165) is 12.5 Å². The van der Waals surface area contributed by atoms with E-state index in [1.165, 1.54) is 58.3 Å². The Morgan fingerprint density at radius 2 is 1.94 bits per heavy atom. The van der Waals surface area contributed by atoms with Gasteiger partial charge in [0.25, 0.3) is 0 Å². The monoisotopic (exact) mass is 256 g/mol. The number of ether oxygens (including phenoxy) is 1. The Morgan fingerprint density at radius 3 is 2.56 bits per heavy atom. The first-order valence-corrected chi connectivity index (χ1v) is 7.72. The molecule has 1 N–H and O–H groups in total. The number of likely N-dealkylation sites (tertiary alicyclic amines) is 1. The van der Waals surface area contributed by atoms with Gasteiger partial charge in [0.15, 0.2) is 0 Å². The van der Waals surface area contributed by atoms with Gasteiger partial charge in [-0.3, -0.25) is 0 Å². The summed E-state index contributed by atoms with van der Waals surface area (Å²) < 4.78 is 5.06. The fourth-order valence-corrected chi connectivity index (χ4v) is 2.81. The summed E-state index contributed by atoms with van der Waals surface area (Å²) in [4.78, 5) is 2.56. The van der Waals surface area contributed by atoms with Gasteiger partial charge < -0.3 is 15.0 Å². The number of hydrogen-bond acceptors (Lipinski definition) is 3. The van der Waals surface area contributed by atoms with Crippen LogP contribution in [0.4, 0.5) is 0 Å². The van der Waals surface area contributed by atoms with E-state index >= 15 is 0 Å². The summed E-state index contributed by atoms with van der Waals surface area (Å²) >= 11 is 0. The molecule has 3 nitrogen and oxygen atoms in total. The third kappa shape index (κ3) is 6.17. The Kier molecular flexibility index (Phi) is 8.64. The van der Waals surface area contributed by atoms with E-state index in [1.54, 1.807) is 7.11 Å². The SMILES string of the molecule is CCN1CCC(C(C)NCCCCCOC)CC1. The molecule has 0 aromatic heterocycles. The minimum Gasteiger partial charge on any atom is -0.385 e. The molecule has 0 spiro atoms. The summed E-state index contributed by atoms with van der Waals surface area (Å²) in [6.45, 7) is 10.5. The molecule has 0 aliphatic carbocycles. The first-order valence-electron chi connectivity index (χ1n) is 7.72. The highest BCUT2D eigenvalue weighted by atomic mass is 16.5. The van der Waals surface area contributed by atoms with Crippen LogP contribution >= 0.6 is 0 Å². The second-order valence-electron chi connectivity index (χ2n) is 5.57. The Morgan fingerprint density at radius 1 is 1.22 bits per heavy atom. The lowest BCUT2D eigenvalue weighted by atomic mass is 9.90. The molecule has 3 heteroatoms. The molecule has 108 valence electrons. The highest BCUT2D eigenvalue weighted by Gasteiger charge is 2.22. The van der Waals surface area contributed by atoms with Crippen LogP contribution in [0.15, 0.2) is 0 Å². The van der Waals surface area contributed by atoms with E-state index in [0.29, 0.717) is 6.04 Å². The molecule has 1 atom stereocenters. The molecular formula is C15H32N2O. The van der Waals surface area contributed by atoms with Gasteiger partial charge in [0.05, 0.1) is 0 Å². The molecule has 1 rings (SSSR count). The number of piperidine rings is 1. The molecule has 18 heavy (non-hydrogen) atoms. The molecule has 1 aliphatic heterocycles. The van der Waals surface area contributed by atoms with E-state index in [9.17, 15) is 0 Å². The van der Waals surface area contributed by atoms with E-state index in [-0.39, 0.29) is 0 Å². The average molecular weight is 256 g/mol. The van der Waals surface area contributed by atoms with Gasteiger partial charge in [-0.25, -0.2) is 0 Å². The normalized spacial score (nSPS) is 20.2. The highest BCUT2D eigenvalue weighted by molar-refractivity contribution is 4.79. The van der Waals surface area contributed by atoms with Crippen LogP contribution in [0.2, 0.25) is 0 Å². The van der Waals surface area contributed by atoms with Gasteiger partial charge in [-0.2, -0.15) is 0 Å². The molecule has 1 fully saturated rings. The third-order valence-corrected chi connectivity index (χ3v) is 4.28. The number of unbranched alkanes of at least 4 members (excludes halogenated alkanes) is 2. The maximum absolute atomic E-state index is 5.06. The van der Waals surface area contributed by atoms with Crippen molar-refractivity contribution in [3.05, 3.63) is 0 Å². The molecule has 1 aliphatic rings. The van der Waals surface area contributed by atoms with Crippen molar-refractivity contribution in [3.8, 4) is 0 Å². The first kappa shape index (κ1) is 15.9. The van der Waals surface area contributed by atoms with Gasteiger partial charge in [0, 0.05) is 19.8 Å². The van der Waals surface area contributed by atoms with Crippen LogP contribution in [-0.2, 0) is 4.74 Å². The van der Waals surface area contributed by atoms with Crippen LogP contribution in [0.5, 0.6) is 0 Å². The first-order chi connectivity index (χ1) is 8.77. The number of rotatable bonds is 9. The quantitative estimate of drug-likeness (QED) is 0.642. The standard InChI is InChI=1S/C15H32N2O/c1-4-17-11-8-15(9-12-17)14(2)16-10-6-5-7-13-18-3/h14-16H,4-13H2,1-3H3. The van der Waals surface area contributed by atoms with E-state index in [2.05, 4.69) is 24.1 Å². The molecule has 0 aromatic carbocycles. The topological polar surface area (TPSA) is 24.5 Å². The van der Waals surface area contributed by atoms with Crippen LogP contribution in [0.1, 0.15) is 46.0 Å². The summed E-state index contributed by atoms with van der Waals surface area (Å²) in [6, 6.07) is 0.687. The second-order valence-corrected chi connectivity index (χ2v) is 5.57. The molecule has 0 aromatic rings. The van der Waals surface area contributed by atoms with Crippen molar-refractivity contribution < 1.29 is 4.74 Å². The molecule has 0 bridgehead atoms. The Bertz CT molecular complexity index is 191.